The highest BCUT2D eigenvalue weighted by Gasteiger charge is 2.16. The summed E-state index contributed by atoms with van der Waals surface area (Å²) in [6.45, 7) is 0. The van der Waals surface area contributed by atoms with Crippen molar-refractivity contribution in [1.82, 2.24) is 4.98 Å². The third kappa shape index (κ3) is 2.74. The minimum absolute atomic E-state index is 0.0369. The second-order valence-electron chi connectivity index (χ2n) is 4.72. The number of carbonyl (C=O) groups is 1. The normalized spacial score (nSPS) is 13.3. The van der Waals surface area contributed by atoms with Crippen molar-refractivity contribution >= 4 is 17.3 Å². The van der Waals surface area contributed by atoms with Crippen molar-refractivity contribution in [2.45, 2.75) is 12.8 Å². The van der Waals surface area contributed by atoms with Crippen LogP contribution in [0.1, 0.15) is 12.0 Å². The zero-order valence-electron chi connectivity index (χ0n) is 11.6. The molecule has 21 heavy (non-hydrogen) atoms. The van der Waals surface area contributed by atoms with Gasteiger partial charge in [-0.2, -0.15) is 4.98 Å². The fourth-order valence-electron chi connectivity index (χ4n) is 2.16. The molecule has 3 rings (SSSR count). The van der Waals surface area contributed by atoms with Crippen molar-refractivity contribution < 1.29 is 14.3 Å². The molecule has 1 amide bonds. The number of nitrogens with two attached hydrogens (primary N) is 1. The molecular weight excluding hydrogens is 270 g/mol. The number of nitrogen functional groups attached to an aromatic ring is 1. The standard InChI is InChI=1S/C15H15N3O3/c1-20-14-7-4-11(16)15(18-14)21-10-3-5-12-9(8-10)2-6-13(19)17-12/h3-5,7-8H,2,6,16H2,1H3,(H,17,19). The molecule has 1 aliphatic heterocycles. The van der Waals surface area contributed by atoms with E-state index >= 15 is 0 Å². The molecule has 1 aliphatic rings. The summed E-state index contributed by atoms with van der Waals surface area (Å²) >= 11 is 0. The zero-order chi connectivity index (χ0) is 14.8. The molecule has 0 saturated heterocycles. The van der Waals surface area contributed by atoms with Gasteiger partial charge in [-0.15, -0.1) is 0 Å². The summed E-state index contributed by atoms with van der Waals surface area (Å²) < 4.78 is 10.8. The third-order valence-electron chi connectivity index (χ3n) is 3.26. The van der Waals surface area contributed by atoms with Crippen LogP contribution < -0.4 is 20.5 Å². The Morgan fingerprint density at radius 3 is 2.90 bits per heavy atom. The number of anilines is 2. The van der Waals surface area contributed by atoms with Gasteiger partial charge in [-0.1, -0.05) is 0 Å². The third-order valence-corrected chi connectivity index (χ3v) is 3.26. The van der Waals surface area contributed by atoms with E-state index in [0.29, 0.717) is 36.0 Å². The highest BCUT2D eigenvalue weighted by molar-refractivity contribution is 5.94. The monoisotopic (exact) mass is 285 g/mol. The number of hydrogen-bond donors (Lipinski definition) is 2. The van der Waals surface area contributed by atoms with Crippen molar-refractivity contribution in [1.29, 1.82) is 0 Å². The molecule has 108 valence electrons. The largest absolute Gasteiger partial charge is 0.481 e. The fourth-order valence-corrected chi connectivity index (χ4v) is 2.16. The van der Waals surface area contributed by atoms with Crippen LogP contribution in [0.15, 0.2) is 30.3 Å². The molecule has 1 aromatic carbocycles. The van der Waals surface area contributed by atoms with E-state index in [1.807, 2.05) is 12.1 Å². The van der Waals surface area contributed by atoms with Gasteiger partial charge in [0, 0.05) is 18.2 Å². The van der Waals surface area contributed by atoms with Crippen LogP contribution in [0, 0.1) is 0 Å². The molecule has 0 bridgehead atoms. The Morgan fingerprint density at radius 1 is 1.24 bits per heavy atom. The lowest BCUT2D eigenvalue weighted by atomic mass is 10.0. The molecule has 0 spiro atoms. The molecule has 0 aliphatic carbocycles. The van der Waals surface area contributed by atoms with Crippen LogP contribution >= 0.6 is 0 Å². The summed E-state index contributed by atoms with van der Waals surface area (Å²) in [6, 6.07) is 8.82. The second-order valence-corrected chi connectivity index (χ2v) is 4.72. The van der Waals surface area contributed by atoms with Crippen molar-refractivity contribution in [3.05, 3.63) is 35.9 Å². The number of nitrogens with one attached hydrogen (secondary N) is 1. The maximum absolute atomic E-state index is 11.3. The summed E-state index contributed by atoms with van der Waals surface area (Å²) in [5.74, 6) is 1.39. The molecule has 6 nitrogen and oxygen atoms in total. The van der Waals surface area contributed by atoms with Crippen LogP contribution in [0.2, 0.25) is 0 Å². The highest BCUT2D eigenvalue weighted by Crippen LogP contribution is 2.31. The molecule has 0 fully saturated rings. The van der Waals surface area contributed by atoms with Crippen LogP contribution in [0.25, 0.3) is 0 Å². The van der Waals surface area contributed by atoms with Crippen LogP contribution in [-0.2, 0) is 11.2 Å². The van der Waals surface area contributed by atoms with E-state index in [2.05, 4.69) is 10.3 Å². The Kier molecular flexibility index (Phi) is 3.35. The van der Waals surface area contributed by atoms with Gasteiger partial charge < -0.3 is 20.5 Å². The van der Waals surface area contributed by atoms with E-state index in [9.17, 15) is 4.79 Å². The van der Waals surface area contributed by atoms with Crippen LogP contribution in [0.5, 0.6) is 17.5 Å². The first kappa shape index (κ1) is 13.2. The number of fused-ring (bicyclic) bond motifs is 1. The van der Waals surface area contributed by atoms with E-state index in [-0.39, 0.29) is 5.91 Å². The van der Waals surface area contributed by atoms with E-state index in [1.54, 1.807) is 18.2 Å². The number of benzene rings is 1. The van der Waals surface area contributed by atoms with E-state index in [1.165, 1.54) is 7.11 Å². The SMILES string of the molecule is COc1ccc(N)c(Oc2ccc3c(c2)CCC(=O)N3)n1. The first-order chi connectivity index (χ1) is 10.2. The van der Waals surface area contributed by atoms with Gasteiger partial charge in [-0.25, -0.2) is 0 Å². The predicted octanol–water partition coefficient (Wildman–Crippen LogP) is 2.35. The summed E-state index contributed by atoms with van der Waals surface area (Å²) in [5.41, 5.74) is 8.14. The maximum Gasteiger partial charge on any atom is 0.246 e. The summed E-state index contributed by atoms with van der Waals surface area (Å²) in [6.07, 6.45) is 1.18. The Morgan fingerprint density at radius 2 is 2.10 bits per heavy atom. The lowest BCUT2D eigenvalue weighted by Gasteiger charge is -2.17. The smallest absolute Gasteiger partial charge is 0.246 e. The number of nitrogens with zero attached hydrogens (tertiary/aromatic N) is 1. The molecule has 0 unspecified atom stereocenters. The average Bonchev–Trinajstić information content (AvgIpc) is 2.49. The van der Waals surface area contributed by atoms with Crippen LogP contribution in [-0.4, -0.2) is 18.0 Å². The number of aromatic nitrogens is 1. The number of rotatable bonds is 3. The number of aryl methyl sites for hydroxylation is 1. The maximum atomic E-state index is 11.3. The number of amides is 1. The molecule has 0 radical (unpaired) electrons. The molecular formula is C15H15N3O3. The van der Waals surface area contributed by atoms with Crippen molar-refractivity contribution in [2.24, 2.45) is 0 Å². The van der Waals surface area contributed by atoms with Gasteiger partial charge >= 0.3 is 0 Å². The quantitative estimate of drug-likeness (QED) is 0.904. The van der Waals surface area contributed by atoms with Crippen molar-refractivity contribution in [3.63, 3.8) is 0 Å². The van der Waals surface area contributed by atoms with Gasteiger partial charge in [0.25, 0.3) is 0 Å². The van der Waals surface area contributed by atoms with Crippen molar-refractivity contribution in [3.8, 4) is 17.5 Å². The lowest BCUT2D eigenvalue weighted by molar-refractivity contribution is -0.116. The Hall–Kier alpha value is -2.76. The van der Waals surface area contributed by atoms with Gasteiger partial charge in [-0.05, 0) is 36.2 Å². The number of hydrogen-bond acceptors (Lipinski definition) is 5. The van der Waals surface area contributed by atoms with Crippen LogP contribution in [0.3, 0.4) is 0 Å². The minimum atomic E-state index is 0.0369. The van der Waals surface area contributed by atoms with Gasteiger partial charge in [0.2, 0.25) is 17.7 Å². The van der Waals surface area contributed by atoms with Crippen LogP contribution in [0.4, 0.5) is 11.4 Å². The summed E-state index contributed by atoms with van der Waals surface area (Å²) in [4.78, 5) is 15.5. The van der Waals surface area contributed by atoms with E-state index < -0.39 is 0 Å². The van der Waals surface area contributed by atoms with E-state index in [4.69, 9.17) is 15.2 Å². The van der Waals surface area contributed by atoms with Gasteiger partial charge in [0.1, 0.15) is 5.75 Å². The van der Waals surface area contributed by atoms with Crippen molar-refractivity contribution in [2.75, 3.05) is 18.2 Å². The first-order valence-corrected chi connectivity index (χ1v) is 6.57. The second kappa shape index (κ2) is 5.32. The van der Waals surface area contributed by atoms with Gasteiger partial charge in [-0.3, -0.25) is 4.79 Å². The molecule has 2 aromatic rings. The number of carbonyl (C=O) groups excluding carboxylic acids is 1. The van der Waals surface area contributed by atoms with E-state index in [0.717, 1.165) is 11.3 Å². The Balaban J connectivity index is 1.87. The summed E-state index contributed by atoms with van der Waals surface area (Å²) in [7, 11) is 1.53. The number of methoxy groups -OCH3 is 1. The molecule has 6 heteroatoms. The predicted molar refractivity (Wildman–Crippen MR) is 78.7 cm³/mol. The first-order valence-electron chi connectivity index (χ1n) is 6.57. The highest BCUT2D eigenvalue weighted by atomic mass is 16.5. The van der Waals surface area contributed by atoms with Gasteiger partial charge in [0.05, 0.1) is 12.8 Å². The topological polar surface area (TPSA) is 86.5 Å². The molecule has 0 saturated carbocycles. The molecule has 0 atom stereocenters. The number of pyridine rings is 1. The van der Waals surface area contributed by atoms with Gasteiger partial charge in [0.15, 0.2) is 0 Å². The minimum Gasteiger partial charge on any atom is -0.481 e. The Labute approximate surface area is 121 Å². The summed E-state index contributed by atoms with van der Waals surface area (Å²) in [5, 5.41) is 2.83. The zero-order valence-corrected chi connectivity index (χ0v) is 11.6. The number of ether oxygens (including phenoxy) is 2. The molecule has 2 heterocycles. The lowest BCUT2D eigenvalue weighted by Crippen LogP contribution is -2.18. The molecule has 3 N–H and O–H groups in total. The Bertz CT molecular complexity index is 701. The average molecular weight is 285 g/mol. The fraction of sp³-hybridized carbons (Fsp3) is 0.200. The molecule has 1 aromatic heterocycles.